The van der Waals surface area contributed by atoms with Crippen molar-refractivity contribution in [3.63, 3.8) is 0 Å². The van der Waals surface area contributed by atoms with Gasteiger partial charge in [0.2, 0.25) is 0 Å². The highest BCUT2D eigenvalue weighted by Crippen LogP contribution is 2.16. The molecule has 0 unspecified atom stereocenters. The van der Waals surface area contributed by atoms with Crippen molar-refractivity contribution < 1.29 is 14.6 Å². The van der Waals surface area contributed by atoms with Crippen LogP contribution >= 0.6 is 0 Å². The summed E-state index contributed by atoms with van der Waals surface area (Å²) in [4.78, 5) is 10.2. The molecule has 0 fully saturated rings. The second-order valence-electron chi connectivity index (χ2n) is 1.87. The molecule has 0 aromatic carbocycles. The summed E-state index contributed by atoms with van der Waals surface area (Å²) in [7, 11) is 2.50. The van der Waals surface area contributed by atoms with Gasteiger partial charge in [-0.15, -0.1) is 0 Å². The van der Waals surface area contributed by atoms with E-state index in [1.807, 2.05) is 0 Å². The Bertz CT molecular complexity index is 245. The normalized spacial score (nSPS) is 8.33. The first-order chi connectivity index (χ1) is 5.79. The predicted octanol–water partition coefficient (Wildman–Crippen LogP) is 0.148. The molecule has 0 saturated heterocycles. The van der Waals surface area contributed by atoms with Crippen LogP contribution in [-0.2, 0) is 0 Å². The molecule has 5 heteroatoms. The minimum atomic E-state index is 0.389. The van der Waals surface area contributed by atoms with Crippen LogP contribution in [0.15, 0.2) is 0 Å². The topological polar surface area (TPSA) is 75.2 Å². The number of aliphatic hydroxyl groups is 1. The van der Waals surface area contributed by atoms with Crippen LogP contribution in [0, 0.1) is 6.92 Å². The first kappa shape index (κ1) is 10.6. The molecule has 0 amide bonds. The van der Waals surface area contributed by atoms with Crippen LogP contribution in [0.25, 0.3) is 0 Å². The number of ether oxygens (including phenoxy) is 1. The highest BCUT2D eigenvalue weighted by molar-refractivity contribution is 5.76. The van der Waals surface area contributed by atoms with Gasteiger partial charge < -0.3 is 9.84 Å². The lowest BCUT2D eigenvalue weighted by Gasteiger charge is -1.94. The molecule has 0 aliphatic rings. The van der Waals surface area contributed by atoms with Crippen molar-refractivity contribution in [2.24, 2.45) is 0 Å². The van der Waals surface area contributed by atoms with Gasteiger partial charge in [0.1, 0.15) is 11.4 Å². The van der Waals surface area contributed by atoms with Gasteiger partial charge >= 0.3 is 0 Å². The fourth-order valence-electron chi connectivity index (χ4n) is 0.778. The monoisotopic (exact) mass is 172 g/mol. The zero-order valence-corrected chi connectivity index (χ0v) is 7.29. The minimum absolute atomic E-state index is 0.389. The zero-order valence-electron chi connectivity index (χ0n) is 7.29. The van der Waals surface area contributed by atoms with E-state index >= 15 is 0 Å². The number of hydrogen-bond donors (Lipinski definition) is 2. The van der Waals surface area contributed by atoms with E-state index in [9.17, 15) is 4.79 Å². The number of carbonyl (C=O) groups excluding carboxylic acids is 1. The molecule has 12 heavy (non-hydrogen) atoms. The van der Waals surface area contributed by atoms with E-state index in [0.29, 0.717) is 23.4 Å². The van der Waals surface area contributed by atoms with E-state index in [4.69, 9.17) is 9.84 Å². The number of hydrogen-bond acceptors (Lipinski definition) is 4. The van der Waals surface area contributed by atoms with E-state index < -0.39 is 0 Å². The molecule has 0 radical (unpaired) electrons. The predicted molar refractivity (Wildman–Crippen MR) is 43.4 cm³/mol. The SMILES string of the molecule is CO.COc1c(C)n[nH]c1C=O. The third-order valence-corrected chi connectivity index (χ3v) is 1.24. The van der Waals surface area contributed by atoms with Crippen LogP contribution in [-0.4, -0.2) is 35.8 Å². The summed E-state index contributed by atoms with van der Waals surface area (Å²) in [6.07, 6.45) is 0.679. The molecule has 1 heterocycles. The molecule has 0 aliphatic carbocycles. The van der Waals surface area contributed by atoms with Crippen molar-refractivity contribution in [1.29, 1.82) is 0 Å². The summed E-state index contributed by atoms with van der Waals surface area (Å²) < 4.78 is 4.88. The van der Waals surface area contributed by atoms with Gasteiger partial charge in [-0.05, 0) is 6.92 Å². The molecule has 1 aromatic rings. The molecule has 0 atom stereocenters. The summed E-state index contributed by atoms with van der Waals surface area (Å²) in [5, 5.41) is 13.3. The van der Waals surface area contributed by atoms with Gasteiger partial charge in [-0.3, -0.25) is 9.89 Å². The molecule has 0 bridgehead atoms. The van der Waals surface area contributed by atoms with Crippen molar-refractivity contribution in [2.45, 2.75) is 6.92 Å². The molecule has 0 aliphatic heterocycles. The van der Waals surface area contributed by atoms with Crippen molar-refractivity contribution in [2.75, 3.05) is 14.2 Å². The van der Waals surface area contributed by atoms with Crippen LogP contribution in [0.2, 0.25) is 0 Å². The number of aliphatic hydroxyl groups excluding tert-OH is 1. The quantitative estimate of drug-likeness (QED) is 0.622. The third kappa shape index (κ3) is 2.06. The minimum Gasteiger partial charge on any atom is -0.492 e. The lowest BCUT2D eigenvalue weighted by molar-refractivity contribution is 0.111. The fraction of sp³-hybridized carbons (Fsp3) is 0.429. The number of rotatable bonds is 2. The number of aromatic amines is 1. The Morgan fingerprint density at radius 3 is 2.50 bits per heavy atom. The van der Waals surface area contributed by atoms with Gasteiger partial charge in [-0.2, -0.15) is 5.10 Å². The molecular weight excluding hydrogens is 160 g/mol. The molecule has 5 nitrogen and oxygen atoms in total. The maximum Gasteiger partial charge on any atom is 0.171 e. The van der Waals surface area contributed by atoms with Gasteiger partial charge in [-0.1, -0.05) is 0 Å². The van der Waals surface area contributed by atoms with Crippen LogP contribution in [0.3, 0.4) is 0 Å². The van der Waals surface area contributed by atoms with E-state index in [0.717, 1.165) is 7.11 Å². The van der Waals surface area contributed by atoms with Gasteiger partial charge in [0.05, 0.1) is 7.11 Å². The Hall–Kier alpha value is -1.36. The molecule has 0 spiro atoms. The van der Waals surface area contributed by atoms with Crippen molar-refractivity contribution in [1.82, 2.24) is 10.2 Å². The largest absolute Gasteiger partial charge is 0.492 e. The molecular formula is C7H12N2O3. The Morgan fingerprint density at radius 1 is 1.58 bits per heavy atom. The Labute approximate surface area is 70.4 Å². The van der Waals surface area contributed by atoms with Crippen LogP contribution in [0.5, 0.6) is 5.75 Å². The van der Waals surface area contributed by atoms with E-state index in [1.165, 1.54) is 7.11 Å². The van der Waals surface area contributed by atoms with Crippen molar-refractivity contribution in [3.05, 3.63) is 11.4 Å². The molecule has 2 N–H and O–H groups in total. The molecule has 0 saturated carbocycles. The number of aldehydes is 1. The number of methoxy groups -OCH3 is 1. The first-order valence-corrected chi connectivity index (χ1v) is 3.28. The number of aromatic nitrogens is 2. The molecule has 1 aromatic heterocycles. The van der Waals surface area contributed by atoms with Gasteiger partial charge in [0, 0.05) is 7.11 Å². The standard InChI is InChI=1S/C6H8N2O2.CH4O/c1-4-6(10-2)5(3-9)8-7-4;1-2/h3H,1-2H3,(H,7,8);2H,1H3. The summed E-state index contributed by atoms with van der Waals surface area (Å²) in [6, 6.07) is 0. The van der Waals surface area contributed by atoms with Crippen LogP contribution < -0.4 is 4.74 Å². The number of carbonyl (C=O) groups is 1. The Balaban J connectivity index is 0.000000561. The summed E-state index contributed by atoms with van der Waals surface area (Å²) in [5.41, 5.74) is 1.09. The maximum atomic E-state index is 10.2. The highest BCUT2D eigenvalue weighted by Gasteiger charge is 2.07. The lowest BCUT2D eigenvalue weighted by Crippen LogP contribution is -1.87. The van der Waals surface area contributed by atoms with Gasteiger partial charge in [0.25, 0.3) is 0 Å². The average molecular weight is 172 g/mol. The first-order valence-electron chi connectivity index (χ1n) is 3.28. The van der Waals surface area contributed by atoms with Crippen LogP contribution in [0.1, 0.15) is 16.2 Å². The summed E-state index contributed by atoms with van der Waals surface area (Å²) >= 11 is 0. The average Bonchev–Trinajstić information content (AvgIpc) is 2.49. The smallest absolute Gasteiger partial charge is 0.171 e. The van der Waals surface area contributed by atoms with E-state index in [-0.39, 0.29) is 0 Å². The Kier molecular flexibility index (Phi) is 4.71. The van der Waals surface area contributed by atoms with Crippen LogP contribution in [0.4, 0.5) is 0 Å². The number of H-pyrrole nitrogens is 1. The van der Waals surface area contributed by atoms with E-state index in [1.54, 1.807) is 6.92 Å². The molecule has 68 valence electrons. The Morgan fingerprint density at radius 2 is 2.17 bits per heavy atom. The van der Waals surface area contributed by atoms with Crippen molar-refractivity contribution in [3.8, 4) is 5.75 Å². The second kappa shape index (κ2) is 5.31. The number of nitrogens with one attached hydrogen (secondary N) is 1. The molecule has 1 rings (SSSR count). The number of aryl methyl sites for hydroxylation is 1. The van der Waals surface area contributed by atoms with Gasteiger partial charge in [-0.25, -0.2) is 0 Å². The van der Waals surface area contributed by atoms with Crippen molar-refractivity contribution >= 4 is 6.29 Å². The number of nitrogens with zero attached hydrogens (tertiary/aromatic N) is 1. The lowest BCUT2D eigenvalue weighted by atomic mass is 10.3. The highest BCUT2D eigenvalue weighted by atomic mass is 16.5. The van der Waals surface area contributed by atoms with Gasteiger partial charge in [0.15, 0.2) is 12.0 Å². The summed E-state index contributed by atoms with van der Waals surface area (Å²) in [6.45, 7) is 1.77. The summed E-state index contributed by atoms with van der Waals surface area (Å²) in [5.74, 6) is 0.523. The van der Waals surface area contributed by atoms with E-state index in [2.05, 4.69) is 10.2 Å². The third-order valence-electron chi connectivity index (χ3n) is 1.24. The second-order valence-corrected chi connectivity index (χ2v) is 1.87. The fourth-order valence-corrected chi connectivity index (χ4v) is 0.778. The maximum absolute atomic E-state index is 10.2. The zero-order chi connectivity index (χ0) is 9.56.